The normalized spacial score (nSPS) is 10.1. The number of benzene rings is 2. The smallest absolute Gasteiger partial charge is 0.243 e. The standard InChI is InChI=1S/C20H24N2O2/c1-14(2)13-24-19-8-6-5-7-18(19)22-20(23)12-21-17-10-9-15(3)16(4)11-17/h5-11,21H,1,12-13H2,2-4H3,(H,22,23). The highest BCUT2D eigenvalue weighted by Gasteiger charge is 2.08. The minimum atomic E-state index is -0.125. The van der Waals surface area contributed by atoms with Crippen LogP contribution in [0.5, 0.6) is 5.75 Å². The van der Waals surface area contributed by atoms with Crippen LogP contribution in [0.15, 0.2) is 54.6 Å². The minimum absolute atomic E-state index is 0.125. The number of hydrogen-bond acceptors (Lipinski definition) is 3. The lowest BCUT2D eigenvalue weighted by atomic mass is 10.1. The van der Waals surface area contributed by atoms with Gasteiger partial charge in [-0.3, -0.25) is 4.79 Å². The third-order valence-electron chi connectivity index (χ3n) is 3.60. The zero-order valence-corrected chi connectivity index (χ0v) is 14.5. The van der Waals surface area contributed by atoms with Gasteiger partial charge in [0.05, 0.1) is 12.2 Å². The Kier molecular flexibility index (Phi) is 6.01. The van der Waals surface area contributed by atoms with Crippen molar-refractivity contribution >= 4 is 17.3 Å². The van der Waals surface area contributed by atoms with Crippen LogP contribution in [0.25, 0.3) is 0 Å². The van der Waals surface area contributed by atoms with Crippen molar-refractivity contribution in [1.29, 1.82) is 0 Å². The van der Waals surface area contributed by atoms with E-state index in [1.165, 1.54) is 11.1 Å². The van der Waals surface area contributed by atoms with Crippen molar-refractivity contribution in [3.05, 3.63) is 65.7 Å². The van der Waals surface area contributed by atoms with E-state index >= 15 is 0 Å². The van der Waals surface area contributed by atoms with E-state index in [1.54, 1.807) is 0 Å². The van der Waals surface area contributed by atoms with Gasteiger partial charge in [-0.05, 0) is 61.7 Å². The average molecular weight is 324 g/mol. The van der Waals surface area contributed by atoms with Crippen molar-refractivity contribution in [3.8, 4) is 5.75 Å². The molecule has 0 spiro atoms. The lowest BCUT2D eigenvalue weighted by Crippen LogP contribution is -2.22. The van der Waals surface area contributed by atoms with E-state index in [2.05, 4.69) is 31.1 Å². The van der Waals surface area contributed by atoms with Crippen molar-refractivity contribution in [2.75, 3.05) is 23.8 Å². The molecule has 126 valence electrons. The van der Waals surface area contributed by atoms with Crippen LogP contribution in [0.2, 0.25) is 0 Å². The van der Waals surface area contributed by atoms with E-state index in [0.29, 0.717) is 18.0 Å². The number of hydrogen-bond donors (Lipinski definition) is 2. The van der Waals surface area contributed by atoms with Crippen LogP contribution in [0, 0.1) is 13.8 Å². The third-order valence-corrected chi connectivity index (χ3v) is 3.60. The van der Waals surface area contributed by atoms with Gasteiger partial charge >= 0.3 is 0 Å². The number of amides is 1. The van der Waals surface area contributed by atoms with E-state index in [9.17, 15) is 4.79 Å². The lowest BCUT2D eigenvalue weighted by Gasteiger charge is -2.13. The van der Waals surface area contributed by atoms with Crippen LogP contribution >= 0.6 is 0 Å². The van der Waals surface area contributed by atoms with E-state index in [0.717, 1.165) is 11.3 Å². The van der Waals surface area contributed by atoms with Crippen LogP contribution < -0.4 is 15.4 Å². The molecular formula is C20H24N2O2. The Balaban J connectivity index is 1.94. The summed E-state index contributed by atoms with van der Waals surface area (Å²) in [6.07, 6.45) is 0. The summed E-state index contributed by atoms with van der Waals surface area (Å²) in [5.41, 5.74) is 4.94. The first-order valence-electron chi connectivity index (χ1n) is 7.93. The molecule has 4 heteroatoms. The van der Waals surface area contributed by atoms with Crippen molar-refractivity contribution in [3.63, 3.8) is 0 Å². The Morgan fingerprint density at radius 2 is 1.88 bits per heavy atom. The maximum Gasteiger partial charge on any atom is 0.243 e. The molecule has 0 aliphatic carbocycles. The molecule has 0 unspecified atom stereocenters. The molecule has 0 aliphatic heterocycles. The van der Waals surface area contributed by atoms with Crippen molar-refractivity contribution < 1.29 is 9.53 Å². The Bertz CT molecular complexity index is 738. The molecule has 0 bridgehead atoms. The second-order valence-electron chi connectivity index (χ2n) is 5.94. The summed E-state index contributed by atoms with van der Waals surface area (Å²) < 4.78 is 5.66. The lowest BCUT2D eigenvalue weighted by molar-refractivity contribution is -0.114. The Morgan fingerprint density at radius 3 is 2.58 bits per heavy atom. The van der Waals surface area contributed by atoms with Crippen LogP contribution in [0.1, 0.15) is 18.1 Å². The number of carbonyl (C=O) groups excluding carboxylic acids is 1. The van der Waals surface area contributed by atoms with Gasteiger partial charge in [-0.25, -0.2) is 0 Å². The molecule has 2 aromatic rings. The van der Waals surface area contributed by atoms with Gasteiger partial charge in [0, 0.05) is 5.69 Å². The summed E-state index contributed by atoms with van der Waals surface area (Å²) in [5, 5.41) is 6.01. The molecule has 1 amide bonds. The maximum atomic E-state index is 12.2. The van der Waals surface area contributed by atoms with Crippen LogP contribution in [0.4, 0.5) is 11.4 Å². The third kappa shape index (κ3) is 5.16. The van der Waals surface area contributed by atoms with Crippen molar-refractivity contribution in [2.24, 2.45) is 0 Å². The van der Waals surface area contributed by atoms with Gasteiger partial charge in [0.15, 0.2) is 0 Å². The first-order chi connectivity index (χ1) is 11.5. The Labute approximate surface area is 143 Å². The fourth-order valence-corrected chi connectivity index (χ4v) is 2.12. The van der Waals surface area contributed by atoms with Crippen molar-refractivity contribution in [1.82, 2.24) is 0 Å². The fraction of sp³-hybridized carbons (Fsp3) is 0.250. The molecular weight excluding hydrogens is 300 g/mol. The van der Waals surface area contributed by atoms with Gasteiger partial charge < -0.3 is 15.4 Å². The predicted molar refractivity (Wildman–Crippen MR) is 99.8 cm³/mol. The van der Waals surface area contributed by atoms with Crippen LogP contribution in [-0.4, -0.2) is 19.1 Å². The van der Waals surface area contributed by atoms with E-state index in [4.69, 9.17) is 4.74 Å². The molecule has 2 rings (SSSR count). The monoisotopic (exact) mass is 324 g/mol. The van der Waals surface area contributed by atoms with Crippen LogP contribution in [0.3, 0.4) is 0 Å². The zero-order valence-electron chi connectivity index (χ0n) is 14.5. The topological polar surface area (TPSA) is 50.4 Å². The predicted octanol–water partition coefficient (Wildman–Crippen LogP) is 4.31. The quantitative estimate of drug-likeness (QED) is 0.746. The molecule has 0 saturated carbocycles. The number of anilines is 2. The minimum Gasteiger partial charge on any atom is -0.487 e. The first kappa shape index (κ1) is 17.6. The second-order valence-corrected chi connectivity index (χ2v) is 5.94. The molecule has 0 radical (unpaired) electrons. The molecule has 0 heterocycles. The summed E-state index contributed by atoms with van der Waals surface area (Å²) in [5.74, 6) is 0.514. The SMILES string of the molecule is C=C(C)COc1ccccc1NC(=O)CNc1ccc(C)c(C)c1. The second kappa shape index (κ2) is 8.20. The van der Waals surface area contributed by atoms with Gasteiger partial charge in [0.1, 0.15) is 12.4 Å². The number of nitrogens with one attached hydrogen (secondary N) is 2. The highest BCUT2D eigenvalue weighted by atomic mass is 16.5. The number of aryl methyl sites for hydroxylation is 2. The summed E-state index contributed by atoms with van der Waals surface area (Å²) in [6, 6.07) is 13.4. The van der Waals surface area contributed by atoms with E-state index in [-0.39, 0.29) is 12.5 Å². The van der Waals surface area contributed by atoms with Gasteiger partial charge in [0.2, 0.25) is 5.91 Å². The molecule has 0 saturated heterocycles. The molecule has 2 aromatic carbocycles. The highest BCUT2D eigenvalue weighted by molar-refractivity contribution is 5.95. The van der Waals surface area contributed by atoms with E-state index < -0.39 is 0 Å². The number of para-hydroxylation sites is 2. The summed E-state index contributed by atoms with van der Waals surface area (Å²) in [7, 11) is 0. The molecule has 0 aromatic heterocycles. The molecule has 0 aliphatic rings. The first-order valence-corrected chi connectivity index (χ1v) is 7.93. The average Bonchev–Trinajstić information content (AvgIpc) is 2.55. The number of carbonyl (C=O) groups is 1. The fourth-order valence-electron chi connectivity index (χ4n) is 2.12. The molecule has 0 atom stereocenters. The largest absolute Gasteiger partial charge is 0.487 e. The van der Waals surface area contributed by atoms with Crippen molar-refractivity contribution in [2.45, 2.75) is 20.8 Å². The van der Waals surface area contributed by atoms with Gasteiger partial charge in [-0.15, -0.1) is 0 Å². The maximum absolute atomic E-state index is 12.2. The summed E-state index contributed by atoms with van der Waals surface area (Å²) in [6.45, 7) is 10.4. The van der Waals surface area contributed by atoms with Gasteiger partial charge in [0.25, 0.3) is 0 Å². The Morgan fingerprint density at radius 1 is 1.12 bits per heavy atom. The summed E-state index contributed by atoms with van der Waals surface area (Å²) >= 11 is 0. The van der Waals surface area contributed by atoms with Gasteiger partial charge in [-0.1, -0.05) is 24.8 Å². The Hall–Kier alpha value is -2.75. The molecule has 24 heavy (non-hydrogen) atoms. The summed E-state index contributed by atoms with van der Waals surface area (Å²) in [4.78, 5) is 12.2. The molecule has 4 nitrogen and oxygen atoms in total. The highest BCUT2D eigenvalue weighted by Crippen LogP contribution is 2.24. The number of ether oxygens (including phenoxy) is 1. The van der Waals surface area contributed by atoms with Crippen LogP contribution in [-0.2, 0) is 4.79 Å². The molecule has 0 fully saturated rings. The van der Waals surface area contributed by atoms with Gasteiger partial charge in [-0.2, -0.15) is 0 Å². The van der Waals surface area contributed by atoms with E-state index in [1.807, 2.05) is 49.4 Å². The molecule has 2 N–H and O–H groups in total. The number of rotatable bonds is 7. The zero-order chi connectivity index (χ0) is 17.5.